The van der Waals surface area contributed by atoms with Gasteiger partial charge in [0.05, 0.1) is 11.0 Å². The first-order valence-electron chi connectivity index (χ1n) is 6.91. The fourth-order valence-electron chi connectivity index (χ4n) is 2.52. The first-order valence-corrected chi connectivity index (χ1v) is 6.91. The number of aromatic nitrogens is 4. The van der Waals surface area contributed by atoms with Gasteiger partial charge >= 0.3 is 0 Å². The monoisotopic (exact) mass is 274 g/mol. The molecule has 0 N–H and O–H groups in total. The van der Waals surface area contributed by atoms with E-state index in [0.717, 1.165) is 27.8 Å². The van der Waals surface area contributed by atoms with Crippen molar-refractivity contribution in [2.75, 3.05) is 0 Å². The fraction of sp³-hybridized carbons (Fsp3) is 0.118. The van der Waals surface area contributed by atoms with Crippen molar-refractivity contribution in [3.8, 4) is 5.82 Å². The summed E-state index contributed by atoms with van der Waals surface area (Å²) in [6.07, 6.45) is 0. The number of nitrogens with zero attached hydrogens (tertiary/aromatic N) is 4. The molecule has 21 heavy (non-hydrogen) atoms. The van der Waals surface area contributed by atoms with Crippen LogP contribution < -0.4 is 0 Å². The Morgan fingerprint density at radius 1 is 0.857 bits per heavy atom. The second-order valence-electron chi connectivity index (χ2n) is 5.29. The van der Waals surface area contributed by atoms with Gasteiger partial charge in [0.25, 0.3) is 0 Å². The Hall–Kier alpha value is -2.75. The van der Waals surface area contributed by atoms with Crippen LogP contribution in [0.25, 0.3) is 27.8 Å². The first kappa shape index (κ1) is 12.0. The van der Waals surface area contributed by atoms with E-state index in [1.165, 1.54) is 11.1 Å². The molecule has 2 aromatic carbocycles. The van der Waals surface area contributed by atoms with Crippen LogP contribution in [0.1, 0.15) is 11.1 Å². The first-order chi connectivity index (χ1) is 10.2. The lowest BCUT2D eigenvalue weighted by atomic mass is 10.1. The predicted octanol–water partition coefficient (Wildman–Crippen LogP) is 3.59. The van der Waals surface area contributed by atoms with Crippen LogP contribution in [-0.4, -0.2) is 20.0 Å². The molecule has 0 aliphatic rings. The van der Waals surface area contributed by atoms with E-state index in [0.29, 0.717) is 0 Å². The molecule has 2 heterocycles. The van der Waals surface area contributed by atoms with Gasteiger partial charge in [-0.2, -0.15) is 4.68 Å². The molecule has 0 bridgehead atoms. The zero-order valence-electron chi connectivity index (χ0n) is 11.9. The van der Waals surface area contributed by atoms with Crippen molar-refractivity contribution >= 4 is 21.9 Å². The number of rotatable bonds is 1. The van der Waals surface area contributed by atoms with E-state index in [2.05, 4.69) is 53.4 Å². The summed E-state index contributed by atoms with van der Waals surface area (Å²) < 4.78 is 1.80. The third-order valence-corrected chi connectivity index (χ3v) is 3.86. The highest BCUT2D eigenvalue weighted by Gasteiger charge is 2.09. The van der Waals surface area contributed by atoms with Crippen molar-refractivity contribution in [1.29, 1.82) is 0 Å². The lowest BCUT2D eigenvalue weighted by molar-refractivity contribution is 0.805. The van der Waals surface area contributed by atoms with Gasteiger partial charge in [0.1, 0.15) is 5.52 Å². The summed E-state index contributed by atoms with van der Waals surface area (Å²) >= 11 is 0. The number of aryl methyl sites for hydroxylation is 2. The summed E-state index contributed by atoms with van der Waals surface area (Å²) in [5.74, 6) is 0.791. The molecule has 0 aliphatic carbocycles. The van der Waals surface area contributed by atoms with Crippen LogP contribution in [-0.2, 0) is 0 Å². The Bertz CT molecular complexity index is 969. The standard InChI is InChI=1S/C17H14N4/c1-11-9-15-16(10-12(11)2)21(20-19-15)17-8-7-13-5-3-4-6-14(13)18-17/h3-10H,1-2H3. The molecule has 0 unspecified atom stereocenters. The number of para-hydroxylation sites is 1. The lowest BCUT2D eigenvalue weighted by Gasteiger charge is -2.04. The van der Waals surface area contributed by atoms with Gasteiger partial charge in [-0.25, -0.2) is 4.98 Å². The average molecular weight is 274 g/mol. The summed E-state index contributed by atoms with van der Waals surface area (Å²) in [7, 11) is 0. The van der Waals surface area contributed by atoms with Crippen LogP contribution in [0.3, 0.4) is 0 Å². The normalized spacial score (nSPS) is 11.3. The molecule has 4 rings (SSSR count). The molecular weight excluding hydrogens is 260 g/mol. The zero-order chi connectivity index (χ0) is 14.4. The van der Waals surface area contributed by atoms with Crippen molar-refractivity contribution in [2.24, 2.45) is 0 Å². The average Bonchev–Trinajstić information content (AvgIpc) is 2.90. The Labute approximate surface area is 122 Å². The highest BCUT2D eigenvalue weighted by atomic mass is 15.4. The van der Waals surface area contributed by atoms with Gasteiger partial charge in [-0.15, -0.1) is 5.10 Å². The summed E-state index contributed by atoms with van der Waals surface area (Å²) in [6.45, 7) is 4.18. The van der Waals surface area contributed by atoms with Gasteiger partial charge in [0, 0.05) is 5.39 Å². The van der Waals surface area contributed by atoms with E-state index in [4.69, 9.17) is 0 Å². The highest BCUT2D eigenvalue weighted by Crippen LogP contribution is 2.21. The van der Waals surface area contributed by atoms with E-state index < -0.39 is 0 Å². The molecule has 0 fully saturated rings. The molecule has 4 nitrogen and oxygen atoms in total. The van der Waals surface area contributed by atoms with E-state index in [1.807, 2.05) is 24.3 Å². The SMILES string of the molecule is Cc1cc2nnn(-c3ccc4ccccc4n3)c2cc1C. The number of hydrogen-bond acceptors (Lipinski definition) is 3. The van der Waals surface area contributed by atoms with Crippen LogP contribution in [0.2, 0.25) is 0 Å². The Morgan fingerprint density at radius 2 is 1.67 bits per heavy atom. The van der Waals surface area contributed by atoms with E-state index >= 15 is 0 Å². The molecular formula is C17H14N4. The molecule has 0 spiro atoms. The minimum Gasteiger partial charge on any atom is -0.229 e. The van der Waals surface area contributed by atoms with Crippen LogP contribution in [0.4, 0.5) is 0 Å². The van der Waals surface area contributed by atoms with E-state index in [-0.39, 0.29) is 0 Å². The van der Waals surface area contributed by atoms with Crippen molar-refractivity contribution < 1.29 is 0 Å². The molecule has 0 amide bonds. The van der Waals surface area contributed by atoms with Gasteiger partial charge in [-0.05, 0) is 55.3 Å². The third-order valence-electron chi connectivity index (χ3n) is 3.86. The van der Waals surface area contributed by atoms with Crippen molar-refractivity contribution in [3.05, 3.63) is 59.7 Å². The molecule has 0 aliphatic heterocycles. The van der Waals surface area contributed by atoms with Gasteiger partial charge in [0.2, 0.25) is 0 Å². The molecule has 2 aromatic heterocycles. The van der Waals surface area contributed by atoms with Gasteiger partial charge in [0.15, 0.2) is 5.82 Å². The van der Waals surface area contributed by atoms with Crippen molar-refractivity contribution in [3.63, 3.8) is 0 Å². The van der Waals surface area contributed by atoms with Crippen LogP contribution in [0, 0.1) is 13.8 Å². The maximum Gasteiger partial charge on any atom is 0.156 e. The van der Waals surface area contributed by atoms with Gasteiger partial charge < -0.3 is 0 Å². The van der Waals surface area contributed by atoms with Crippen LogP contribution in [0.15, 0.2) is 48.5 Å². The molecule has 0 radical (unpaired) electrons. The van der Waals surface area contributed by atoms with Gasteiger partial charge in [-0.3, -0.25) is 0 Å². The van der Waals surface area contributed by atoms with E-state index in [9.17, 15) is 0 Å². The zero-order valence-corrected chi connectivity index (χ0v) is 11.9. The smallest absolute Gasteiger partial charge is 0.156 e. The van der Waals surface area contributed by atoms with Crippen molar-refractivity contribution in [1.82, 2.24) is 20.0 Å². The molecule has 0 saturated heterocycles. The topological polar surface area (TPSA) is 43.6 Å². The summed E-state index contributed by atoms with van der Waals surface area (Å²) in [4.78, 5) is 4.68. The maximum atomic E-state index is 4.68. The van der Waals surface area contributed by atoms with Crippen molar-refractivity contribution in [2.45, 2.75) is 13.8 Å². The largest absolute Gasteiger partial charge is 0.229 e. The summed E-state index contributed by atoms with van der Waals surface area (Å²) in [5, 5.41) is 9.63. The van der Waals surface area contributed by atoms with Crippen LogP contribution >= 0.6 is 0 Å². The number of benzene rings is 2. The Kier molecular flexibility index (Phi) is 2.51. The fourth-order valence-corrected chi connectivity index (χ4v) is 2.52. The second-order valence-corrected chi connectivity index (χ2v) is 5.29. The molecule has 4 aromatic rings. The molecule has 0 atom stereocenters. The minimum atomic E-state index is 0.791. The maximum absolute atomic E-state index is 4.68. The lowest BCUT2D eigenvalue weighted by Crippen LogP contribution is -2.00. The summed E-state index contributed by atoms with van der Waals surface area (Å²) in [6, 6.07) is 16.3. The third kappa shape index (κ3) is 1.88. The summed E-state index contributed by atoms with van der Waals surface area (Å²) in [5.41, 5.74) is 5.30. The predicted molar refractivity (Wildman–Crippen MR) is 83.6 cm³/mol. The minimum absolute atomic E-state index is 0.791. The molecule has 0 saturated carbocycles. The number of hydrogen-bond donors (Lipinski definition) is 0. The molecule has 102 valence electrons. The molecule has 4 heteroatoms. The number of fused-ring (bicyclic) bond motifs is 2. The quantitative estimate of drug-likeness (QED) is 0.533. The Morgan fingerprint density at radius 3 is 2.57 bits per heavy atom. The Balaban J connectivity index is 1.97. The highest BCUT2D eigenvalue weighted by molar-refractivity contribution is 5.81. The second kappa shape index (κ2) is 4.38. The van der Waals surface area contributed by atoms with E-state index in [1.54, 1.807) is 4.68 Å². The van der Waals surface area contributed by atoms with Crippen LogP contribution in [0.5, 0.6) is 0 Å². The number of pyridine rings is 1. The van der Waals surface area contributed by atoms with Gasteiger partial charge in [-0.1, -0.05) is 23.4 Å².